The van der Waals surface area contributed by atoms with Crippen LogP contribution in [0.3, 0.4) is 0 Å². The lowest BCUT2D eigenvalue weighted by Gasteiger charge is -2.21. The van der Waals surface area contributed by atoms with E-state index in [2.05, 4.69) is 11.8 Å². The van der Waals surface area contributed by atoms with E-state index in [1.54, 1.807) is 11.0 Å². The smallest absolute Gasteiger partial charge is 0.253 e. The van der Waals surface area contributed by atoms with E-state index in [1.165, 1.54) is 12.1 Å². The van der Waals surface area contributed by atoms with Crippen LogP contribution in [-0.4, -0.2) is 35.6 Å². The number of benzene rings is 1. The first-order valence-corrected chi connectivity index (χ1v) is 6.82. The molecule has 0 radical (unpaired) electrons. The minimum absolute atomic E-state index is 0.158. The molecule has 20 heavy (non-hydrogen) atoms. The summed E-state index contributed by atoms with van der Waals surface area (Å²) >= 11 is 0. The second kappa shape index (κ2) is 8.34. The Hall–Kier alpha value is -1.86. The molecule has 1 rings (SSSR count). The van der Waals surface area contributed by atoms with E-state index in [-0.39, 0.29) is 18.1 Å². The topological polar surface area (TPSA) is 40.5 Å². The fourth-order valence-corrected chi connectivity index (χ4v) is 1.92. The third kappa shape index (κ3) is 4.36. The molecule has 0 aromatic heterocycles. The fourth-order valence-electron chi connectivity index (χ4n) is 1.92. The Morgan fingerprint density at radius 2 is 1.95 bits per heavy atom. The summed E-state index contributed by atoms with van der Waals surface area (Å²) in [5.41, 5.74) is 0.520. The van der Waals surface area contributed by atoms with Crippen molar-refractivity contribution in [1.82, 2.24) is 4.90 Å². The summed E-state index contributed by atoms with van der Waals surface area (Å²) in [7, 11) is 0. The van der Waals surface area contributed by atoms with Crippen LogP contribution in [0.5, 0.6) is 0 Å². The first-order valence-electron chi connectivity index (χ1n) is 6.82. The number of carbonyl (C=O) groups is 1. The van der Waals surface area contributed by atoms with Gasteiger partial charge in [-0.2, -0.15) is 0 Å². The standard InChI is InChI=1S/C16H20FNO2/c1-3-9-18(10-4-2)16(20)14-8-7-13(6-5-11-19)15(17)12-14/h7-8,12,19H,3-4,9-11H2,1-2H3. The van der Waals surface area contributed by atoms with Crippen molar-refractivity contribution in [3.05, 3.63) is 35.1 Å². The van der Waals surface area contributed by atoms with E-state index in [1.807, 2.05) is 13.8 Å². The predicted molar refractivity (Wildman–Crippen MR) is 76.8 cm³/mol. The molecular formula is C16H20FNO2. The van der Waals surface area contributed by atoms with Gasteiger partial charge in [-0.25, -0.2) is 4.39 Å². The van der Waals surface area contributed by atoms with Crippen LogP contribution >= 0.6 is 0 Å². The van der Waals surface area contributed by atoms with E-state index in [9.17, 15) is 9.18 Å². The lowest BCUT2D eigenvalue weighted by atomic mass is 10.1. The van der Waals surface area contributed by atoms with Gasteiger partial charge in [0.1, 0.15) is 12.4 Å². The van der Waals surface area contributed by atoms with Gasteiger partial charge in [0.05, 0.1) is 5.56 Å². The summed E-state index contributed by atoms with van der Waals surface area (Å²) in [6.07, 6.45) is 1.74. The molecule has 0 heterocycles. The molecule has 1 N–H and O–H groups in total. The number of rotatable bonds is 5. The minimum atomic E-state index is -0.537. The van der Waals surface area contributed by atoms with Crippen LogP contribution in [-0.2, 0) is 0 Å². The Morgan fingerprint density at radius 3 is 2.45 bits per heavy atom. The number of aliphatic hydroxyl groups excluding tert-OH is 1. The molecule has 0 saturated carbocycles. The van der Waals surface area contributed by atoms with E-state index in [4.69, 9.17) is 5.11 Å². The van der Waals surface area contributed by atoms with E-state index in [0.717, 1.165) is 12.8 Å². The highest BCUT2D eigenvalue weighted by Crippen LogP contribution is 2.12. The maximum absolute atomic E-state index is 13.8. The van der Waals surface area contributed by atoms with Gasteiger partial charge in [-0.3, -0.25) is 4.79 Å². The van der Waals surface area contributed by atoms with Crippen molar-refractivity contribution in [2.24, 2.45) is 0 Å². The largest absolute Gasteiger partial charge is 0.384 e. The van der Waals surface area contributed by atoms with Gasteiger partial charge >= 0.3 is 0 Å². The van der Waals surface area contributed by atoms with Crippen molar-refractivity contribution < 1.29 is 14.3 Å². The summed E-state index contributed by atoms with van der Waals surface area (Å²) in [4.78, 5) is 14.0. The molecule has 1 amide bonds. The summed E-state index contributed by atoms with van der Waals surface area (Å²) in [6, 6.07) is 4.26. The molecule has 0 atom stereocenters. The Labute approximate surface area is 119 Å². The van der Waals surface area contributed by atoms with Crippen molar-refractivity contribution in [1.29, 1.82) is 0 Å². The van der Waals surface area contributed by atoms with Crippen LogP contribution in [0.2, 0.25) is 0 Å². The van der Waals surface area contributed by atoms with Gasteiger partial charge in [0.25, 0.3) is 5.91 Å². The third-order valence-electron chi connectivity index (χ3n) is 2.79. The van der Waals surface area contributed by atoms with Crippen molar-refractivity contribution in [2.75, 3.05) is 19.7 Å². The van der Waals surface area contributed by atoms with E-state index < -0.39 is 5.82 Å². The van der Waals surface area contributed by atoms with E-state index >= 15 is 0 Å². The third-order valence-corrected chi connectivity index (χ3v) is 2.79. The van der Waals surface area contributed by atoms with Crippen LogP contribution in [0.1, 0.15) is 42.6 Å². The molecule has 1 aromatic carbocycles. The van der Waals surface area contributed by atoms with Crippen LogP contribution in [0.4, 0.5) is 4.39 Å². The molecule has 0 spiro atoms. The lowest BCUT2D eigenvalue weighted by Crippen LogP contribution is -2.32. The maximum Gasteiger partial charge on any atom is 0.253 e. The van der Waals surface area contributed by atoms with Crippen LogP contribution < -0.4 is 0 Å². The zero-order chi connectivity index (χ0) is 15.0. The quantitative estimate of drug-likeness (QED) is 0.840. The molecule has 0 unspecified atom stereocenters. The highest BCUT2D eigenvalue weighted by Gasteiger charge is 2.15. The molecule has 0 aliphatic heterocycles. The van der Waals surface area contributed by atoms with Crippen molar-refractivity contribution in [3.8, 4) is 11.8 Å². The Balaban J connectivity index is 2.95. The monoisotopic (exact) mass is 277 g/mol. The lowest BCUT2D eigenvalue weighted by molar-refractivity contribution is 0.0755. The number of hydrogen-bond acceptors (Lipinski definition) is 2. The van der Waals surface area contributed by atoms with Gasteiger partial charge in [-0.15, -0.1) is 0 Å². The molecule has 0 aliphatic rings. The minimum Gasteiger partial charge on any atom is -0.384 e. The zero-order valence-electron chi connectivity index (χ0n) is 11.9. The molecule has 4 heteroatoms. The Morgan fingerprint density at radius 1 is 1.30 bits per heavy atom. The molecule has 0 aliphatic carbocycles. The van der Waals surface area contributed by atoms with Crippen LogP contribution in [0.25, 0.3) is 0 Å². The van der Waals surface area contributed by atoms with Crippen LogP contribution in [0, 0.1) is 17.7 Å². The Kier molecular flexibility index (Phi) is 6.75. The molecule has 1 aromatic rings. The number of aliphatic hydroxyl groups is 1. The number of amides is 1. The summed E-state index contributed by atoms with van der Waals surface area (Å²) in [5, 5.41) is 8.60. The molecule has 0 fully saturated rings. The highest BCUT2D eigenvalue weighted by molar-refractivity contribution is 5.94. The number of hydrogen-bond donors (Lipinski definition) is 1. The number of nitrogens with zero attached hydrogens (tertiary/aromatic N) is 1. The van der Waals surface area contributed by atoms with Crippen LogP contribution in [0.15, 0.2) is 18.2 Å². The number of halogens is 1. The normalized spacial score (nSPS) is 9.80. The average molecular weight is 277 g/mol. The predicted octanol–water partition coefficient (Wildman–Crippen LogP) is 2.43. The first-order chi connectivity index (χ1) is 9.63. The molecule has 3 nitrogen and oxygen atoms in total. The highest BCUT2D eigenvalue weighted by atomic mass is 19.1. The van der Waals surface area contributed by atoms with Crippen molar-refractivity contribution >= 4 is 5.91 Å². The van der Waals surface area contributed by atoms with Gasteiger partial charge < -0.3 is 10.0 Å². The van der Waals surface area contributed by atoms with Gasteiger partial charge in [0.15, 0.2) is 0 Å². The number of carbonyl (C=O) groups excluding carboxylic acids is 1. The summed E-state index contributed by atoms with van der Waals surface area (Å²) in [6.45, 7) is 5.02. The summed E-state index contributed by atoms with van der Waals surface area (Å²) in [5.74, 6) is 4.20. The zero-order valence-corrected chi connectivity index (χ0v) is 11.9. The molecular weight excluding hydrogens is 257 g/mol. The van der Waals surface area contributed by atoms with Gasteiger partial charge in [0, 0.05) is 18.7 Å². The van der Waals surface area contributed by atoms with Gasteiger partial charge in [-0.1, -0.05) is 25.7 Å². The second-order valence-electron chi connectivity index (χ2n) is 4.45. The summed E-state index contributed by atoms with van der Waals surface area (Å²) < 4.78 is 13.8. The second-order valence-corrected chi connectivity index (χ2v) is 4.45. The SMILES string of the molecule is CCCN(CCC)C(=O)c1ccc(C#CCO)c(F)c1. The van der Waals surface area contributed by atoms with Crippen molar-refractivity contribution in [2.45, 2.75) is 26.7 Å². The molecule has 108 valence electrons. The molecule has 0 saturated heterocycles. The van der Waals surface area contributed by atoms with Crippen molar-refractivity contribution in [3.63, 3.8) is 0 Å². The average Bonchev–Trinajstić information content (AvgIpc) is 2.45. The van der Waals surface area contributed by atoms with Gasteiger partial charge in [0.2, 0.25) is 0 Å². The fraction of sp³-hybridized carbons (Fsp3) is 0.438. The Bertz CT molecular complexity index is 511. The maximum atomic E-state index is 13.8. The van der Waals surface area contributed by atoms with E-state index in [0.29, 0.717) is 18.7 Å². The first kappa shape index (κ1) is 16.2. The van der Waals surface area contributed by atoms with Gasteiger partial charge in [-0.05, 0) is 31.0 Å². The molecule has 0 bridgehead atoms.